The number of benzene rings is 1. The van der Waals surface area contributed by atoms with Crippen LogP contribution < -0.4 is 10.1 Å². The van der Waals surface area contributed by atoms with Crippen molar-refractivity contribution in [3.8, 4) is 5.75 Å². The van der Waals surface area contributed by atoms with E-state index in [1.807, 2.05) is 18.2 Å². The number of halogens is 1. The highest BCUT2D eigenvalue weighted by molar-refractivity contribution is 6.31. The third kappa shape index (κ3) is 3.14. The van der Waals surface area contributed by atoms with Crippen LogP contribution in [-0.2, 0) is 6.54 Å². The van der Waals surface area contributed by atoms with Crippen LogP contribution in [0.2, 0.25) is 5.02 Å². The Morgan fingerprint density at radius 1 is 1.41 bits per heavy atom. The molecule has 0 amide bonds. The summed E-state index contributed by atoms with van der Waals surface area (Å²) in [6.07, 6.45) is 3.87. The molecule has 0 heterocycles. The fourth-order valence-electron chi connectivity index (χ4n) is 2.54. The summed E-state index contributed by atoms with van der Waals surface area (Å²) in [5, 5.41) is 4.36. The first-order valence-corrected chi connectivity index (χ1v) is 6.63. The zero-order valence-corrected chi connectivity index (χ0v) is 11.3. The van der Waals surface area contributed by atoms with Crippen molar-refractivity contribution < 1.29 is 4.74 Å². The second-order valence-electron chi connectivity index (χ2n) is 4.92. The van der Waals surface area contributed by atoms with Gasteiger partial charge in [0.2, 0.25) is 0 Å². The lowest BCUT2D eigenvalue weighted by molar-refractivity contribution is 0.404. The minimum absolute atomic E-state index is 0.631. The molecule has 0 radical (unpaired) electrons. The van der Waals surface area contributed by atoms with Crippen LogP contribution in [0.25, 0.3) is 0 Å². The van der Waals surface area contributed by atoms with Gasteiger partial charge in [-0.2, -0.15) is 0 Å². The molecule has 1 aliphatic carbocycles. The maximum absolute atomic E-state index is 6.20. The van der Waals surface area contributed by atoms with E-state index in [0.29, 0.717) is 6.04 Å². The standard InChI is InChI=1S/C14H20ClNO/c1-10-6-7-11(8-10)16-9-12-13(15)4-3-5-14(12)17-2/h3-5,10-11,16H,6-9H2,1-2H3. The molecule has 2 nitrogen and oxygen atoms in total. The maximum atomic E-state index is 6.20. The number of nitrogens with one attached hydrogen (secondary N) is 1. The highest BCUT2D eigenvalue weighted by Gasteiger charge is 2.21. The number of hydrogen-bond acceptors (Lipinski definition) is 2. The van der Waals surface area contributed by atoms with E-state index in [1.165, 1.54) is 19.3 Å². The van der Waals surface area contributed by atoms with Crippen LogP contribution in [0, 0.1) is 5.92 Å². The molecule has 1 aromatic rings. The Bertz CT molecular complexity index is 380. The Balaban J connectivity index is 1.98. The average molecular weight is 254 g/mol. The van der Waals surface area contributed by atoms with E-state index in [0.717, 1.165) is 28.8 Å². The second kappa shape index (κ2) is 5.74. The van der Waals surface area contributed by atoms with Gasteiger partial charge in [0.15, 0.2) is 0 Å². The first-order chi connectivity index (χ1) is 8.20. The molecule has 0 aliphatic heterocycles. The molecule has 3 heteroatoms. The normalized spacial score (nSPS) is 23.9. The van der Waals surface area contributed by atoms with Gasteiger partial charge in [-0.05, 0) is 37.3 Å². The highest BCUT2D eigenvalue weighted by Crippen LogP contribution is 2.28. The van der Waals surface area contributed by atoms with Crippen molar-refractivity contribution in [3.63, 3.8) is 0 Å². The van der Waals surface area contributed by atoms with Crippen LogP contribution in [0.4, 0.5) is 0 Å². The number of hydrogen-bond donors (Lipinski definition) is 1. The summed E-state index contributed by atoms with van der Waals surface area (Å²) in [6, 6.07) is 6.42. The third-order valence-electron chi connectivity index (χ3n) is 3.56. The largest absolute Gasteiger partial charge is 0.496 e. The molecule has 2 rings (SSSR count). The lowest BCUT2D eigenvalue weighted by Gasteiger charge is -2.15. The van der Waals surface area contributed by atoms with Gasteiger partial charge in [0.25, 0.3) is 0 Å². The lowest BCUT2D eigenvalue weighted by Crippen LogP contribution is -2.26. The van der Waals surface area contributed by atoms with Gasteiger partial charge in [-0.25, -0.2) is 0 Å². The second-order valence-corrected chi connectivity index (χ2v) is 5.32. The quantitative estimate of drug-likeness (QED) is 0.885. The predicted octanol–water partition coefficient (Wildman–Crippen LogP) is 3.63. The van der Waals surface area contributed by atoms with Gasteiger partial charge in [0.05, 0.1) is 7.11 Å². The van der Waals surface area contributed by atoms with Crippen molar-refractivity contribution in [1.82, 2.24) is 5.32 Å². The predicted molar refractivity (Wildman–Crippen MR) is 71.6 cm³/mol. The van der Waals surface area contributed by atoms with Gasteiger partial charge in [-0.3, -0.25) is 0 Å². The Hall–Kier alpha value is -0.730. The molecule has 0 saturated heterocycles. The van der Waals surface area contributed by atoms with Crippen LogP contribution in [0.3, 0.4) is 0 Å². The van der Waals surface area contributed by atoms with E-state index in [-0.39, 0.29) is 0 Å². The van der Waals surface area contributed by atoms with Crippen LogP contribution in [-0.4, -0.2) is 13.2 Å². The number of ether oxygens (including phenoxy) is 1. The minimum Gasteiger partial charge on any atom is -0.496 e. The molecule has 94 valence electrons. The Kier molecular flexibility index (Phi) is 4.30. The minimum atomic E-state index is 0.631. The molecule has 17 heavy (non-hydrogen) atoms. The Morgan fingerprint density at radius 3 is 2.88 bits per heavy atom. The summed E-state index contributed by atoms with van der Waals surface area (Å²) in [7, 11) is 1.69. The van der Waals surface area contributed by atoms with Crippen LogP contribution in [0.15, 0.2) is 18.2 Å². The SMILES string of the molecule is COc1cccc(Cl)c1CNC1CCC(C)C1. The number of methoxy groups -OCH3 is 1. The Morgan fingerprint density at radius 2 is 2.24 bits per heavy atom. The molecule has 0 bridgehead atoms. The smallest absolute Gasteiger partial charge is 0.124 e. The summed E-state index contributed by atoms with van der Waals surface area (Å²) >= 11 is 6.20. The lowest BCUT2D eigenvalue weighted by atomic mass is 10.1. The van der Waals surface area contributed by atoms with E-state index in [1.54, 1.807) is 7.11 Å². The van der Waals surface area contributed by atoms with Crippen LogP contribution in [0.5, 0.6) is 5.75 Å². The van der Waals surface area contributed by atoms with Crippen molar-refractivity contribution in [2.75, 3.05) is 7.11 Å². The molecule has 2 atom stereocenters. The zero-order valence-electron chi connectivity index (χ0n) is 10.5. The fraction of sp³-hybridized carbons (Fsp3) is 0.571. The molecule has 1 N–H and O–H groups in total. The van der Waals surface area contributed by atoms with E-state index in [2.05, 4.69) is 12.2 Å². The van der Waals surface area contributed by atoms with E-state index >= 15 is 0 Å². The summed E-state index contributed by atoms with van der Waals surface area (Å²) in [5.41, 5.74) is 1.07. The van der Waals surface area contributed by atoms with Gasteiger partial charge in [0.1, 0.15) is 5.75 Å². The molecule has 1 saturated carbocycles. The van der Waals surface area contributed by atoms with Crippen molar-refractivity contribution in [1.29, 1.82) is 0 Å². The monoisotopic (exact) mass is 253 g/mol. The Labute approximate surface area is 108 Å². The van der Waals surface area contributed by atoms with Crippen molar-refractivity contribution in [2.45, 2.75) is 38.8 Å². The summed E-state index contributed by atoms with van der Waals surface area (Å²) in [6.45, 7) is 3.11. The molecular formula is C14H20ClNO. The molecule has 2 unspecified atom stereocenters. The van der Waals surface area contributed by atoms with Gasteiger partial charge < -0.3 is 10.1 Å². The van der Waals surface area contributed by atoms with E-state index < -0.39 is 0 Å². The topological polar surface area (TPSA) is 21.3 Å². The van der Waals surface area contributed by atoms with Crippen LogP contribution in [0.1, 0.15) is 31.7 Å². The van der Waals surface area contributed by atoms with E-state index in [4.69, 9.17) is 16.3 Å². The highest BCUT2D eigenvalue weighted by atomic mass is 35.5. The van der Waals surface area contributed by atoms with Crippen LogP contribution >= 0.6 is 11.6 Å². The first kappa shape index (κ1) is 12.7. The maximum Gasteiger partial charge on any atom is 0.124 e. The van der Waals surface area contributed by atoms with Gasteiger partial charge in [-0.15, -0.1) is 0 Å². The zero-order chi connectivity index (χ0) is 12.3. The summed E-state index contributed by atoms with van der Waals surface area (Å²) in [5.74, 6) is 1.72. The molecule has 1 fully saturated rings. The molecule has 0 spiro atoms. The van der Waals surface area contributed by atoms with E-state index in [9.17, 15) is 0 Å². The first-order valence-electron chi connectivity index (χ1n) is 6.25. The van der Waals surface area contributed by atoms with Crippen molar-refractivity contribution in [2.24, 2.45) is 5.92 Å². The molecule has 0 aromatic heterocycles. The number of rotatable bonds is 4. The summed E-state index contributed by atoms with van der Waals surface area (Å²) < 4.78 is 5.34. The van der Waals surface area contributed by atoms with Gasteiger partial charge in [0, 0.05) is 23.2 Å². The van der Waals surface area contributed by atoms with Crippen molar-refractivity contribution in [3.05, 3.63) is 28.8 Å². The van der Waals surface area contributed by atoms with Crippen molar-refractivity contribution >= 4 is 11.6 Å². The average Bonchev–Trinajstić information content (AvgIpc) is 2.73. The van der Waals surface area contributed by atoms with Gasteiger partial charge in [-0.1, -0.05) is 24.6 Å². The van der Waals surface area contributed by atoms with Gasteiger partial charge >= 0.3 is 0 Å². The molecule has 1 aromatic carbocycles. The molecular weight excluding hydrogens is 234 g/mol. The fourth-order valence-corrected chi connectivity index (χ4v) is 2.77. The third-order valence-corrected chi connectivity index (χ3v) is 3.91. The summed E-state index contributed by atoms with van der Waals surface area (Å²) in [4.78, 5) is 0. The molecule has 1 aliphatic rings.